The van der Waals surface area contributed by atoms with E-state index in [1.54, 1.807) is 0 Å². The van der Waals surface area contributed by atoms with Crippen LogP contribution in [-0.2, 0) is 0 Å². The summed E-state index contributed by atoms with van der Waals surface area (Å²) in [5.41, 5.74) is 2.58. The molecule has 4 atom stereocenters. The first-order valence-corrected chi connectivity index (χ1v) is 6.52. The van der Waals surface area contributed by atoms with Crippen molar-refractivity contribution in [3.63, 3.8) is 0 Å². The highest BCUT2D eigenvalue weighted by Crippen LogP contribution is 2.66. The van der Waals surface area contributed by atoms with Crippen molar-refractivity contribution < 1.29 is 0 Å². The van der Waals surface area contributed by atoms with E-state index < -0.39 is 0 Å². The van der Waals surface area contributed by atoms with Gasteiger partial charge in [0.2, 0.25) is 0 Å². The zero-order valence-electron chi connectivity index (χ0n) is 9.69. The van der Waals surface area contributed by atoms with Crippen molar-refractivity contribution in [2.45, 2.75) is 32.2 Å². The van der Waals surface area contributed by atoms with Crippen LogP contribution in [0.5, 0.6) is 0 Å². The molecule has 0 saturated heterocycles. The molecule has 3 aliphatic rings. The first-order valence-electron chi connectivity index (χ1n) is 6.52. The van der Waals surface area contributed by atoms with Gasteiger partial charge in [0.15, 0.2) is 0 Å². The Balaban J connectivity index is 1.53. The minimum Gasteiger partial charge on any atom is -0.381 e. The number of aromatic nitrogens is 1. The van der Waals surface area contributed by atoms with Crippen molar-refractivity contribution in [3.05, 3.63) is 24.0 Å². The van der Waals surface area contributed by atoms with E-state index in [0.29, 0.717) is 0 Å². The average Bonchev–Trinajstić information content (AvgIpc) is 2.71. The molecule has 4 rings (SSSR count). The predicted molar refractivity (Wildman–Crippen MR) is 64.2 cm³/mol. The fourth-order valence-corrected chi connectivity index (χ4v) is 4.33. The molecule has 84 valence electrons. The Morgan fingerprint density at radius 1 is 1.25 bits per heavy atom. The summed E-state index contributed by atoms with van der Waals surface area (Å²) in [6.45, 7) is 2.14. The number of hydrogen-bond donors (Lipinski definition) is 1. The van der Waals surface area contributed by atoms with Gasteiger partial charge in [-0.1, -0.05) is 0 Å². The topological polar surface area (TPSA) is 24.9 Å². The average molecular weight is 214 g/mol. The lowest BCUT2D eigenvalue weighted by Crippen LogP contribution is -2.13. The molecule has 0 spiro atoms. The third-order valence-electron chi connectivity index (χ3n) is 5.08. The van der Waals surface area contributed by atoms with Crippen molar-refractivity contribution in [1.82, 2.24) is 4.98 Å². The molecule has 0 amide bonds. The largest absolute Gasteiger partial charge is 0.381 e. The van der Waals surface area contributed by atoms with Gasteiger partial charge in [-0.2, -0.15) is 0 Å². The Labute approximate surface area is 96.5 Å². The second kappa shape index (κ2) is 2.99. The van der Waals surface area contributed by atoms with Crippen LogP contribution >= 0.6 is 0 Å². The number of pyridine rings is 1. The highest BCUT2D eigenvalue weighted by Gasteiger charge is 2.64. The lowest BCUT2D eigenvalue weighted by atomic mass is 10.0. The van der Waals surface area contributed by atoms with Gasteiger partial charge in [0.25, 0.3) is 0 Å². The van der Waals surface area contributed by atoms with E-state index in [4.69, 9.17) is 0 Å². The molecule has 2 bridgehead atoms. The number of nitrogens with one attached hydrogen (secondary N) is 1. The van der Waals surface area contributed by atoms with Gasteiger partial charge in [-0.3, -0.25) is 4.98 Å². The van der Waals surface area contributed by atoms with Crippen LogP contribution in [0.1, 0.15) is 24.8 Å². The zero-order valence-corrected chi connectivity index (χ0v) is 9.69. The molecule has 0 aromatic carbocycles. The number of rotatable bonds is 2. The van der Waals surface area contributed by atoms with Crippen LogP contribution in [0.2, 0.25) is 0 Å². The summed E-state index contributed by atoms with van der Waals surface area (Å²) in [4.78, 5) is 4.15. The maximum absolute atomic E-state index is 4.15. The van der Waals surface area contributed by atoms with Crippen LogP contribution in [0.4, 0.5) is 5.69 Å². The summed E-state index contributed by atoms with van der Waals surface area (Å²) < 4.78 is 0. The Hall–Kier alpha value is -1.05. The van der Waals surface area contributed by atoms with Crippen LogP contribution in [0.25, 0.3) is 0 Å². The molecule has 3 fully saturated rings. The van der Waals surface area contributed by atoms with Crippen LogP contribution in [0, 0.1) is 30.6 Å². The second-order valence-corrected chi connectivity index (χ2v) is 5.85. The van der Waals surface area contributed by atoms with Crippen molar-refractivity contribution >= 4 is 5.69 Å². The van der Waals surface area contributed by atoms with Crippen LogP contribution in [0.3, 0.4) is 0 Å². The van der Waals surface area contributed by atoms with Gasteiger partial charge in [-0.15, -0.1) is 0 Å². The van der Waals surface area contributed by atoms with Crippen LogP contribution in [0.15, 0.2) is 18.5 Å². The van der Waals surface area contributed by atoms with E-state index in [9.17, 15) is 0 Å². The molecular weight excluding hydrogens is 196 g/mol. The summed E-state index contributed by atoms with van der Waals surface area (Å²) in [6.07, 6.45) is 8.37. The summed E-state index contributed by atoms with van der Waals surface area (Å²) >= 11 is 0. The standard InChI is InChI=1S/C14H18N2/c1-8-7-15-5-4-11(8)16-14-12-9-2-3-10(6-9)13(12)14/h4-5,7,9-10,12-14H,2-3,6H2,1H3,(H,15,16). The highest BCUT2D eigenvalue weighted by atomic mass is 15.0. The van der Waals surface area contributed by atoms with Crippen LogP contribution < -0.4 is 5.32 Å². The lowest BCUT2D eigenvalue weighted by Gasteiger charge is -2.13. The summed E-state index contributed by atoms with van der Waals surface area (Å²) in [5.74, 6) is 4.11. The quantitative estimate of drug-likeness (QED) is 0.819. The number of anilines is 1. The molecule has 3 saturated carbocycles. The third kappa shape index (κ3) is 1.10. The molecule has 4 unspecified atom stereocenters. The van der Waals surface area contributed by atoms with E-state index in [-0.39, 0.29) is 0 Å². The van der Waals surface area contributed by atoms with Gasteiger partial charge in [0, 0.05) is 24.1 Å². The first kappa shape index (κ1) is 9.03. The van der Waals surface area contributed by atoms with Crippen molar-refractivity contribution in [2.75, 3.05) is 5.32 Å². The molecule has 0 radical (unpaired) electrons. The molecule has 1 heterocycles. The number of nitrogens with zero attached hydrogens (tertiary/aromatic N) is 1. The van der Waals surface area contributed by atoms with E-state index in [1.165, 1.54) is 30.5 Å². The highest BCUT2D eigenvalue weighted by molar-refractivity contribution is 5.51. The van der Waals surface area contributed by atoms with E-state index >= 15 is 0 Å². The van der Waals surface area contributed by atoms with Gasteiger partial charge in [0.05, 0.1) is 0 Å². The number of aryl methyl sites for hydroxylation is 1. The minimum absolute atomic E-state index is 0.785. The van der Waals surface area contributed by atoms with Gasteiger partial charge < -0.3 is 5.32 Å². The monoisotopic (exact) mass is 214 g/mol. The van der Waals surface area contributed by atoms with Crippen molar-refractivity contribution in [2.24, 2.45) is 23.7 Å². The molecule has 1 aromatic rings. The fourth-order valence-electron chi connectivity index (χ4n) is 4.33. The normalized spacial score (nSPS) is 43.2. The first-order chi connectivity index (χ1) is 7.84. The third-order valence-corrected chi connectivity index (χ3v) is 5.08. The Kier molecular flexibility index (Phi) is 1.69. The van der Waals surface area contributed by atoms with Gasteiger partial charge in [-0.25, -0.2) is 0 Å². The van der Waals surface area contributed by atoms with Crippen molar-refractivity contribution in [1.29, 1.82) is 0 Å². The molecule has 3 aliphatic carbocycles. The maximum atomic E-state index is 4.15. The van der Waals surface area contributed by atoms with E-state index in [2.05, 4.69) is 23.3 Å². The Morgan fingerprint density at radius 3 is 2.69 bits per heavy atom. The molecule has 1 N–H and O–H groups in total. The van der Waals surface area contributed by atoms with Gasteiger partial charge in [0.1, 0.15) is 0 Å². The second-order valence-electron chi connectivity index (χ2n) is 5.85. The van der Waals surface area contributed by atoms with Crippen LogP contribution in [-0.4, -0.2) is 11.0 Å². The molecular formula is C14H18N2. The minimum atomic E-state index is 0.785. The molecule has 2 heteroatoms. The lowest BCUT2D eigenvalue weighted by molar-refractivity contribution is 0.456. The Bertz CT molecular complexity index is 412. The molecule has 16 heavy (non-hydrogen) atoms. The SMILES string of the molecule is Cc1cnccc1NC1C2C3CCC(C3)C12. The van der Waals surface area contributed by atoms with E-state index in [0.717, 1.165) is 29.7 Å². The van der Waals surface area contributed by atoms with Crippen molar-refractivity contribution in [3.8, 4) is 0 Å². The zero-order chi connectivity index (χ0) is 10.7. The van der Waals surface area contributed by atoms with E-state index in [1.807, 2.05) is 12.4 Å². The summed E-state index contributed by atoms with van der Waals surface area (Å²) in [6, 6.07) is 2.90. The number of hydrogen-bond acceptors (Lipinski definition) is 2. The summed E-state index contributed by atoms with van der Waals surface area (Å²) in [7, 11) is 0. The smallest absolute Gasteiger partial charge is 0.0403 e. The molecule has 1 aromatic heterocycles. The Morgan fingerprint density at radius 2 is 2.00 bits per heavy atom. The fraction of sp³-hybridized carbons (Fsp3) is 0.643. The molecule has 2 nitrogen and oxygen atoms in total. The summed E-state index contributed by atoms with van der Waals surface area (Å²) in [5, 5.41) is 3.75. The maximum Gasteiger partial charge on any atom is 0.0403 e. The molecule has 0 aliphatic heterocycles. The predicted octanol–water partition coefficient (Wildman–Crippen LogP) is 2.85. The van der Waals surface area contributed by atoms with Gasteiger partial charge >= 0.3 is 0 Å². The van der Waals surface area contributed by atoms with Gasteiger partial charge in [-0.05, 0) is 61.5 Å². The number of fused-ring (bicyclic) bond motifs is 5.